The van der Waals surface area contributed by atoms with E-state index in [1.807, 2.05) is 48.5 Å². The van der Waals surface area contributed by atoms with Crippen LogP contribution in [0.25, 0.3) is 6.08 Å². The summed E-state index contributed by atoms with van der Waals surface area (Å²) in [7, 11) is 5.34. The summed E-state index contributed by atoms with van der Waals surface area (Å²) < 4.78 is 16.6. The highest BCUT2D eigenvalue weighted by Crippen LogP contribution is 2.43. The second-order valence-electron chi connectivity index (χ2n) is 7.67. The molecule has 0 aliphatic carbocycles. The third-order valence-electron chi connectivity index (χ3n) is 5.60. The molecule has 158 valence electrons. The van der Waals surface area contributed by atoms with E-state index in [1.54, 1.807) is 14.2 Å². The van der Waals surface area contributed by atoms with Gasteiger partial charge in [0, 0.05) is 18.7 Å². The number of rotatable bonds is 4. The third-order valence-corrected chi connectivity index (χ3v) is 5.60. The highest BCUT2D eigenvalue weighted by atomic mass is 16.5. The zero-order valence-electron chi connectivity index (χ0n) is 17.9. The van der Waals surface area contributed by atoms with Crippen LogP contribution in [0, 0.1) is 11.3 Å². The van der Waals surface area contributed by atoms with Crippen molar-refractivity contribution in [2.75, 3.05) is 34.4 Å². The molecule has 2 aliphatic rings. The first kappa shape index (κ1) is 20.6. The Labute approximate surface area is 182 Å². The number of benzene rings is 2. The highest BCUT2D eigenvalue weighted by molar-refractivity contribution is 5.63. The van der Waals surface area contributed by atoms with Crippen molar-refractivity contribution in [1.82, 2.24) is 4.90 Å². The van der Waals surface area contributed by atoms with Crippen molar-refractivity contribution in [2.45, 2.75) is 5.92 Å². The fourth-order valence-electron chi connectivity index (χ4n) is 4.12. The van der Waals surface area contributed by atoms with E-state index in [4.69, 9.17) is 19.9 Å². The van der Waals surface area contributed by atoms with Crippen LogP contribution in [0.5, 0.6) is 11.5 Å². The molecular formula is C25H25N3O3. The average molecular weight is 415 g/mol. The van der Waals surface area contributed by atoms with Crippen molar-refractivity contribution >= 4 is 6.08 Å². The summed E-state index contributed by atoms with van der Waals surface area (Å²) in [5.74, 6) is 2.23. The minimum atomic E-state index is -0.262. The second-order valence-corrected chi connectivity index (χ2v) is 7.67. The maximum Gasteiger partial charge on any atom is 0.205 e. The lowest BCUT2D eigenvalue weighted by atomic mass is 9.80. The molecule has 4 rings (SSSR count). The van der Waals surface area contributed by atoms with Crippen LogP contribution in [0.2, 0.25) is 0 Å². The largest absolute Gasteiger partial charge is 0.497 e. The number of methoxy groups -OCH3 is 2. The van der Waals surface area contributed by atoms with Gasteiger partial charge < -0.3 is 19.9 Å². The molecule has 1 atom stereocenters. The monoisotopic (exact) mass is 415 g/mol. The minimum Gasteiger partial charge on any atom is -0.497 e. The lowest BCUT2D eigenvalue weighted by Crippen LogP contribution is -2.35. The first-order valence-electron chi connectivity index (χ1n) is 10.0. The molecule has 2 aliphatic heterocycles. The van der Waals surface area contributed by atoms with E-state index in [0.717, 1.165) is 46.1 Å². The molecule has 0 bridgehead atoms. The molecule has 2 aromatic rings. The lowest BCUT2D eigenvalue weighted by molar-refractivity contribution is 0.251. The van der Waals surface area contributed by atoms with Crippen molar-refractivity contribution in [3.8, 4) is 17.6 Å². The lowest BCUT2D eigenvalue weighted by Gasteiger charge is -2.36. The molecule has 0 spiro atoms. The van der Waals surface area contributed by atoms with Gasteiger partial charge in [-0.05, 0) is 54.1 Å². The number of nitrogens with two attached hydrogens (primary N) is 1. The Balaban J connectivity index is 1.81. The van der Waals surface area contributed by atoms with Gasteiger partial charge in [-0.2, -0.15) is 5.26 Å². The van der Waals surface area contributed by atoms with Crippen LogP contribution in [-0.2, 0) is 4.74 Å². The smallest absolute Gasteiger partial charge is 0.205 e. The van der Waals surface area contributed by atoms with E-state index >= 15 is 0 Å². The van der Waals surface area contributed by atoms with Crippen LogP contribution in [0.15, 0.2) is 76.9 Å². The van der Waals surface area contributed by atoms with E-state index in [9.17, 15) is 5.26 Å². The topological polar surface area (TPSA) is 80.7 Å². The summed E-state index contributed by atoms with van der Waals surface area (Å²) in [6.45, 7) is 1.40. The summed E-state index contributed by atoms with van der Waals surface area (Å²) in [5.41, 5.74) is 10.7. The van der Waals surface area contributed by atoms with E-state index in [2.05, 4.69) is 24.1 Å². The summed E-state index contributed by atoms with van der Waals surface area (Å²) >= 11 is 0. The third kappa shape index (κ3) is 4.00. The Kier molecular flexibility index (Phi) is 5.70. The van der Waals surface area contributed by atoms with Gasteiger partial charge in [0.2, 0.25) is 5.88 Å². The first-order valence-corrected chi connectivity index (χ1v) is 10.0. The maximum atomic E-state index is 9.85. The van der Waals surface area contributed by atoms with Crippen molar-refractivity contribution in [3.63, 3.8) is 0 Å². The van der Waals surface area contributed by atoms with Gasteiger partial charge in [0.15, 0.2) is 0 Å². The molecule has 6 nitrogen and oxygen atoms in total. The molecule has 0 radical (unpaired) electrons. The number of hydrogen-bond acceptors (Lipinski definition) is 6. The number of likely N-dealkylation sites (N-methyl/N-ethyl adjacent to an activating group) is 1. The molecule has 2 N–H and O–H groups in total. The predicted octanol–water partition coefficient (Wildman–Crippen LogP) is 3.79. The van der Waals surface area contributed by atoms with Gasteiger partial charge in [0.05, 0.1) is 20.1 Å². The second kappa shape index (κ2) is 8.58. The number of ether oxygens (including phenoxy) is 3. The van der Waals surface area contributed by atoms with Crippen LogP contribution in [-0.4, -0.2) is 39.3 Å². The number of hydrogen-bond donors (Lipinski definition) is 1. The minimum absolute atomic E-state index is 0.159. The summed E-state index contributed by atoms with van der Waals surface area (Å²) in [5, 5.41) is 9.85. The molecule has 2 aromatic carbocycles. The zero-order valence-corrected chi connectivity index (χ0v) is 17.9. The molecule has 0 saturated carbocycles. The predicted molar refractivity (Wildman–Crippen MR) is 119 cm³/mol. The van der Waals surface area contributed by atoms with Gasteiger partial charge in [-0.25, -0.2) is 0 Å². The standard InChI is InChI=1S/C25H25N3O3/c1-28-14-18(12-16-4-8-19(29-2)9-5-16)24-22(15-28)23(21(13-26)25(27)31-24)17-6-10-20(30-3)11-7-17/h4-12,23H,14-15,27H2,1-3H3/b18-12-/t23-/m0/s1. The quantitative estimate of drug-likeness (QED) is 0.818. The Morgan fingerprint density at radius 2 is 1.65 bits per heavy atom. The Morgan fingerprint density at radius 1 is 1.03 bits per heavy atom. The maximum absolute atomic E-state index is 9.85. The molecule has 0 amide bonds. The summed E-state index contributed by atoms with van der Waals surface area (Å²) in [6.07, 6.45) is 2.10. The van der Waals surface area contributed by atoms with Crippen molar-refractivity contribution in [1.29, 1.82) is 5.26 Å². The summed E-state index contributed by atoms with van der Waals surface area (Å²) in [4.78, 5) is 2.21. The van der Waals surface area contributed by atoms with Gasteiger partial charge in [-0.3, -0.25) is 4.90 Å². The zero-order chi connectivity index (χ0) is 22.0. The molecular weight excluding hydrogens is 390 g/mol. The van der Waals surface area contributed by atoms with Gasteiger partial charge >= 0.3 is 0 Å². The molecule has 0 unspecified atom stereocenters. The van der Waals surface area contributed by atoms with Crippen LogP contribution in [0.3, 0.4) is 0 Å². The molecule has 0 fully saturated rings. The van der Waals surface area contributed by atoms with E-state index in [-0.39, 0.29) is 11.8 Å². The van der Waals surface area contributed by atoms with Crippen molar-refractivity contribution < 1.29 is 14.2 Å². The highest BCUT2D eigenvalue weighted by Gasteiger charge is 2.37. The van der Waals surface area contributed by atoms with Crippen LogP contribution < -0.4 is 15.2 Å². The summed E-state index contributed by atoms with van der Waals surface area (Å²) in [6, 6.07) is 17.9. The normalized spacial score (nSPS) is 20.2. The molecule has 6 heteroatoms. The molecule has 0 saturated heterocycles. The average Bonchev–Trinajstić information content (AvgIpc) is 2.79. The van der Waals surface area contributed by atoms with Gasteiger partial charge in [-0.1, -0.05) is 24.3 Å². The van der Waals surface area contributed by atoms with Gasteiger partial charge in [0.25, 0.3) is 0 Å². The van der Waals surface area contributed by atoms with Crippen molar-refractivity contribution in [3.05, 3.63) is 88.0 Å². The number of nitrogens with zero attached hydrogens (tertiary/aromatic N) is 2. The molecule has 31 heavy (non-hydrogen) atoms. The number of nitriles is 1. The fraction of sp³-hybridized carbons (Fsp3) is 0.240. The van der Waals surface area contributed by atoms with Gasteiger partial charge in [-0.15, -0.1) is 0 Å². The molecule has 0 aromatic heterocycles. The van der Waals surface area contributed by atoms with E-state index in [0.29, 0.717) is 12.1 Å². The van der Waals surface area contributed by atoms with Crippen LogP contribution in [0.1, 0.15) is 17.0 Å². The molecule has 2 heterocycles. The Bertz CT molecular complexity index is 1110. The van der Waals surface area contributed by atoms with Crippen LogP contribution in [0.4, 0.5) is 0 Å². The van der Waals surface area contributed by atoms with E-state index in [1.165, 1.54) is 0 Å². The Morgan fingerprint density at radius 3 is 2.23 bits per heavy atom. The Hall–Kier alpha value is -3.69. The van der Waals surface area contributed by atoms with Crippen LogP contribution >= 0.6 is 0 Å². The fourth-order valence-corrected chi connectivity index (χ4v) is 4.12. The van der Waals surface area contributed by atoms with Crippen molar-refractivity contribution in [2.24, 2.45) is 5.73 Å². The van der Waals surface area contributed by atoms with E-state index < -0.39 is 0 Å². The number of allylic oxidation sites excluding steroid dienone is 1. The SMILES string of the molecule is COc1ccc(/C=C2/CN(C)CC3=C2OC(N)=C(C#N)[C@@H]3c2ccc(OC)cc2)cc1. The first-order chi connectivity index (χ1) is 15.0. The van der Waals surface area contributed by atoms with Gasteiger partial charge in [0.1, 0.15) is 28.9 Å².